The topological polar surface area (TPSA) is 88.6 Å². The number of amides is 2. The quantitative estimate of drug-likeness (QED) is 0.801. The van der Waals surface area contributed by atoms with Gasteiger partial charge in [-0.15, -0.1) is 0 Å². The van der Waals surface area contributed by atoms with Crippen LogP contribution in [0.25, 0.3) is 0 Å². The Labute approximate surface area is 147 Å². The second-order valence-electron chi connectivity index (χ2n) is 5.33. The molecular weight excluding hydrogens is 322 g/mol. The standard InChI is InChI=1S/C17H23N5O3/c1-12(11-24-3)20-16-19-10-9-15(21-16)22(17(23)18-2)13-5-7-14(25-4)8-6-13/h5-10,12H,11H2,1-4H3,(H,18,23)(H,19,20,21)/t12-/m0/s1. The van der Waals surface area contributed by atoms with E-state index in [4.69, 9.17) is 9.47 Å². The molecule has 0 bridgehead atoms. The first-order valence-corrected chi connectivity index (χ1v) is 7.83. The summed E-state index contributed by atoms with van der Waals surface area (Å²) in [7, 11) is 4.79. The van der Waals surface area contributed by atoms with Crippen molar-refractivity contribution >= 4 is 23.5 Å². The molecule has 2 aromatic rings. The van der Waals surface area contributed by atoms with E-state index in [0.29, 0.717) is 29.8 Å². The number of nitrogens with zero attached hydrogens (tertiary/aromatic N) is 3. The van der Waals surface area contributed by atoms with E-state index in [1.165, 1.54) is 4.90 Å². The number of urea groups is 1. The number of nitrogens with one attached hydrogen (secondary N) is 2. The third-order valence-electron chi connectivity index (χ3n) is 3.41. The van der Waals surface area contributed by atoms with Crippen LogP contribution in [-0.2, 0) is 4.74 Å². The number of benzene rings is 1. The monoisotopic (exact) mass is 345 g/mol. The third-order valence-corrected chi connectivity index (χ3v) is 3.41. The van der Waals surface area contributed by atoms with Crippen LogP contribution in [-0.4, -0.2) is 49.9 Å². The first-order chi connectivity index (χ1) is 12.1. The van der Waals surface area contributed by atoms with Crippen LogP contribution in [0.2, 0.25) is 0 Å². The van der Waals surface area contributed by atoms with Crippen molar-refractivity contribution in [3.8, 4) is 5.75 Å². The molecule has 2 N–H and O–H groups in total. The predicted molar refractivity (Wildman–Crippen MR) is 96.6 cm³/mol. The van der Waals surface area contributed by atoms with E-state index in [-0.39, 0.29) is 12.1 Å². The fourth-order valence-electron chi connectivity index (χ4n) is 2.25. The molecule has 0 saturated heterocycles. The summed E-state index contributed by atoms with van der Waals surface area (Å²) in [6, 6.07) is 8.55. The number of aromatic nitrogens is 2. The Morgan fingerprint density at radius 2 is 1.96 bits per heavy atom. The molecule has 0 spiro atoms. The highest BCUT2D eigenvalue weighted by Gasteiger charge is 2.19. The molecule has 1 heterocycles. The lowest BCUT2D eigenvalue weighted by molar-refractivity contribution is 0.190. The van der Waals surface area contributed by atoms with Crippen molar-refractivity contribution in [2.75, 3.05) is 38.1 Å². The summed E-state index contributed by atoms with van der Waals surface area (Å²) < 4.78 is 10.3. The molecule has 0 unspecified atom stereocenters. The van der Waals surface area contributed by atoms with Crippen molar-refractivity contribution in [1.82, 2.24) is 15.3 Å². The van der Waals surface area contributed by atoms with Gasteiger partial charge in [0.15, 0.2) is 0 Å². The number of anilines is 3. The maximum Gasteiger partial charge on any atom is 0.327 e. The van der Waals surface area contributed by atoms with Crippen molar-refractivity contribution < 1.29 is 14.3 Å². The smallest absolute Gasteiger partial charge is 0.327 e. The number of rotatable bonds is 7. The molecule has 25 heavy (non-hydrogen) atoms. The summed E-state index contributed by atoms with van der Waals surface area (Å²) in [5.74, 6) is 1.58. The highest BCUT2D eigenvalue weighted by atomic mass is 16.5. The number of hydrogen-bond donors (Lipinski definition) is 2. The Balaban J connectivity index is 2.32. The fourth-order valence-corrected chi connectivity index (χ4v) is 2.25. The molecule has 0 aliphatic rings. The summed E-state index contributed by atoms with van der Waals surface area (Å²) in [5, 5.41) is 5.77. The van der Waals surface area contributed by atoms with E-state index in [1.54, 1.807) is 57.8 Å². The highest BCUT2D eigenvalue weighted by molar-refractivity contribution is 5.98. The van der Waals surface area contributed by atoms with Crippen LogP contribution in [0.15, 0.2) is 36.5 Å². The molecule has 1 aromatic carbocycles. The maximum absolute atomic E-state index is 12.4. The zero-order valence-corrected chi connectivity index (χ0v) is 14.8. The highest BCUT2D eigenvalue weighted by Crippen LogP contribution is 2.26. The summed E-state index contributed by atoms with van der Waals surface area (Å²) in [6.07, 6.45) is 1.60. The van der Waals surface area contributed by atoms with Gasteiger partial charge in [-0.3, -0.25) is 0 Å². The van der Waals surface area contributed by atoms with Crippen molar-refractivity contribution in [1.29, 1.82) is 0 Å². The van der Waals surface area contributed by atoms with Crippen LogP contribution in [0.1, 0.15) is 6.92 Å². The average Bonchev–Trinajstić information content (AvgIpc) is 2.63. The number of methoxy groups -OCH3 is 2. The van der Waals surface area contributed by atoms with Gasteiger partial charge in [0.25, 0.3) is 0 Å². The molecular formula is C17H23N5O3. The van der Waals surface area contributed by atoms with Gasteiger partial charge in [0.05, 0.1) is 19.4 Å². The Hall–Kier alpha value is -2.87. The minimum absolute atomic E-state index is 0.0367. The largest absolute Gasteiger partial charge is 0.497 e. The van der Waals surface area contributed by atoms with E-state index in [9.17, 15) is 4.79 Å². The van der Waals surface area contributed by atoms with Crippen molar-refractivity contribution in [3.63, 3.8) is 0 Å². The molecule has 134 valence electrons. The zero-order valence-electron chi connectivity index (χ0n) is 14.8. The van der Waals surface area contributed by atoms with Crippen LogP contribution in [0.3, 0.4) is 0 Å². The summed E-state index contributed by atoms with van der Waals surface area (Å²) >= 11 is 0. The molecule has 2 amide bonds. The van der Waals surface area contributed by atoms with E-state index in [1.807, 2.05) is 6.92 Å². The molecule has 0 fully saturated rings. The minimum Gasteiger partial charge on any atom is -0.497 e. The Kier molecular flexibility index (Phi) is 6.53. The van der Waals surface area contributed by atoms with Gasteiger partial charge in [0.2, 0.25) is 5.95 Å². The number of hydrogen-bond acceptors (Lipinski definition) is 6. The minimum atomic E-state index is -0.306. The summed E-state index contributed by atoms with van der Waals surface area (Å²) in [6.45, 7) is 2.48. The first kappa shape index (κ1) is 18.5. The van der Waals surface area contributed by atoms with Crippen LogP contribution in [0, 0.1) is 0 Å². The number of ether oxygens (including phenoxy) is 2. The van der Waals surface area contributed by atoms with Crippen LogP contribution in [0.5, 0.6) is 5.75 Å². The Morgan fingerprint density at radius 1 is 1.24 bits per heavy atom. The molecule has 8 heteroatoms. The SMILES string of the molecule is CNC(=O)N(c1ccc(OC)cc1)c1ccnc(N[C@@H](C)COC)n1. The van der Waals surface area contributed by atoms with E-state index >= 15 is 0 Å². The maximum atomic E-state index is 12.4. The lowest BCUT2D eigenvalue weighted by Gasteiger charge is -2.22. The molecule has 2 rings (SSSR count). The van der Waals surface area contributed by atoms with Gasteiger partial charge in [-0.2, -0.15) is 4.98 Å². The van der Waals surface area contributed by atoms with E-state index in [0.717, 1.165) is 0 Å². The second kappa shape index (κ2) is 8.84. The molecule has 0 aliphatic heterocycles. The van der Waals surface area contributed by atoms with Crippen molar-refractivity contribution in [2.24, 2.45) is 0 Å². The first-order valence-electron chi connectivity index (χ1n) is 7.83. The molecule has 0 saturated carbocycles. The normalized spacial score (nSPS) is 11.5. The average molecular weight is 345 g/mol. The molecule has 1 atom stereocenters. The summed E-state index contributed by atoms with van der Waals surface area (Å²) in [4.78, 5) is 22.5. The zero-order chi connectivity index (χ0) is 18.2. The van der Waals surface area contributed by atoms with Gasteiger partial charge in [-0.25, -0.2) is 14.7 Å². The van der Waals surface area contributed by atoms with Crippen LogP contribution >= 0.6 is 0 Å². The lowest BCUT2D eigenvalue weighted by atomic mass is 10.2. The molecule has 0 aliphatic carbocycles. The number of carbonyl (C=O) groups excluding carboxylic acids is 1. The van der Waals surface area contributed by atoms with Gasteiger partial charge in [-0.05, 0) is 31.2 Å². The fraction of sp³-hybridized carbons (Fsp3) is 0.353. The van der Waals surface area contributed by atoms with Gasteiger partial charge in [0, 0.05) is 32.5 Å². The molecule has 0 radical (unpaired) electrons. The van der Waals surface area contributed by atoms with Crippen LogP contribution in [0.4, 0.5) is 22.2 Å². The van der Waals surface area contributed by atoms with Gasteiger partial charge >= 0.3 is 6.03 Å². The van der Waals surface area contributed by atoms with Crippen molar-refractivity contribution in [3.05, 3.63) is 36.5 Å². The van der Waals surface area contributed by atoms with Crippen molar-refractivity contribution in [2.45, 2.75) is 13.0 Å². The van der Waals surface area contributed by atoms with Gasteiger partial charge in [-0.1, -0.05) is 0 Å². The molecule has 8 nitrogen and oxygen atoms in total. The summed E-state index contributed by atoms with van der Waals surface area (Å²) in [5.41, 5.74) is 0.662. The predicted octanol–water partition coefficient (Wildman–Crippen LogP) is 2.41. The van der Waals surface area contributed by atoms with Gasteiger partial charge < -0.3 is 20.1 Å². The second-order valence-corrected chi connectivity index (χ2v) is 5.33. The van der Waals surface area contributed by atoms with Crippen LogP contribution < -0.4 is 20.3 Å². The number of carbonyl (C=O) groups is 1. The Bertz CT molecular complexity index is 693. The third kappa shape index (κ3) is 4.80. The van der Waals surface area contributed by atoms with E-state index < -0.39 is 0 Å². The Morgan fingerprint density at radius 3 is 2.56 bits per heavy atom. The van der Waals surface area contributed by atoms with Gasteiger partial charge in [0.1, 0.15) is 11.6 Å². The van der Waals surface area contributed by atoms with E-state index in [2.05, 4.69) is 20.6 Å². The lowest BCUT2D eigenvalue weighted by Crippen LogP contribution is -2.35. The molecule has 1 aromatic heterocycles.